The van der Waals surface area contributed by atoms with Crippen molar-refractivity contribution in [3.63, 3.8) is 0 Å². The van der Waals surface area contributed by atoms with E-state index in [1.54, 1.807) is 0 Å². The third kappa shape index (κ3) is 2.57. The number of piperazine rings is 1. The van der Waals surface area contributed by atoms with E-state index in [1.807, 2.05) is 17.8 Å². The minimum Gasteiger partial charge on any atom is -0.369 e. The average molecular weight is 260 g/mol. The molecule has 19 heavy (non-hydrogen) atoms. The lowest BCUT2D eigenvalue weighted by Crippen LogP contribution is -2.43. The second-order valence-electron chi connectivity index (χ2n) is 4.75. The van der Waals surface area contributed by atoms with Crippen molar-refractivity contribution in [3.05, 3.63) is 24.5 Å². The van der Waals surface area contributed by atoms with E-state index in [9.17, 15) is 0 Å². The van der Waals surface area contributed by atoms with Gasteiger partial charge in [-0.05, 0) is 25.1 Å². The van der Waals surface area contributed by atoms with Crippen LogP contribution in [0.1, 0.15) is 6.92 Å². The highest BCUT2D eigenvalue weighted by Crippen LogP contribution is 2.21. The van der Waals surface area contributed by atoms with Gasteiger partial charge in [-0.3, -0.25) is 0 Å². The summed E-state index contributed by atoms with van der Waals surface area (Å²) in [6.45, 7) is 7.52. The van der Waals surface area contributed by atoms with Crippen molar-refractivity contribution in [3.8, 4) is 0 Å². The molecule has 1 aliphatic rings. The largest absolute Gasteiger partial charge is 0.369 e. The SMILES string of the molecule is CCOCn1cnc2cc(N3CCNCC3)ccc21. The first kappa shape index (κ1) is 12.4. The Hall–Kier alpha value is -1.59. The average Bonchev–Trinajstić information content (AvgIpc) is 2.88. The molecular weight excluding hydrogens is 240 g/mol. The lowest BCUT2D eigenvalue weighted by atomic mass is 10.2. The Morgan fingerprint density at radius 1 is 1.32 bits per heavy atom. The van der Waals surface area contributed by atoms with Crippen LogP contribution in [0.3, 0.4) is 0 Å². The summed E-state index contributed by atoms with van der Waals surface area (Å²) in [6, 6.07) is 6.49. The minimum atomic E-state index is 0.569. The van der Waals surface area contributed by atoms with Gasteiger partial charge < -0.3 is 19.5 Å². The summed E-state index contributed by atoms with van der Waals surface area (Å²) in [4.78, 5) is 6.87. The minimum absolute atomic E-state index is 0.569. The standard InChI is InChI=1S/C14H20N4O/c1-2-19-11-18-10-16-13-9-12(3-4-14(13)18)17-7-5-15-6-8-17/h3-4,9-10,15H,2,5-8,11H2,1H3. The molecule has 5 nitrogen and oxygen atoms in total. The maximum atomic E-state index is 5.44. The van der Waals surface area contributed by atoms with Gasteiger partial charge in [-0.1, -0.05) is 0 Å². The fourth-order valence-corrected chi connectivity index (χ4v) is 2.46. The van der Waals surface area contributed by atoms with Crippen molar-refractivity contribution in [2.75, 3.05) is 37.7 Å². The van der Waals surface area contributed by atoms with E-state index >= 15 is 0 Å². The molecule has 1 saturated heterocycles. The fraction of sp³-hybridized carbons (Fsp3) is 0.500. The number of hydrogen-bond donors (Lipinski definition) is 1. The normalized spacial score (nSPS) is 16.2. The van der Waals surface area contributed by atoms with Crippen LogP contribution in [0.4, 0.5) is 5.69 Å². The predicted molar refractivity (Wildman–Crippen MR) is 76.4 cm³/mol. The van der Waals surface area contributed by atoms with Gasteiger partial charge in [0.15, 0.2) is 0 Å². The van der Waals surface area contributed by atoms with E-state index in [0.29, 0.717) is 6.73 Å². The molecule has 1 N–H and O–H groups in total. The lowest BCUT2D eigenvalue weighted by molar-refractivity contribution is 0.0905. The molecule has 0 bridgehead atoms. The Bertz CT molecular complexity index is 545. The number of nitrogens with one attached hydrogen (secondary N) is 1. The predicted octanol–water partition coefficient (Wildman–Crippen LogP) is 1.44. The monoisotopic (exact) mass is 260 g/mol. The van der Waals surface area contributed by atoms with E-state index in [1.165, 1.54) is 5.69 Å². The molecule has 102 valence electrons. The molecule has 5 heteroatoms. The Labute approximate surface area is 113 Å². The van der Waals surface area contributed by atoms with Gasteiger partial charge in [-0.15, -0.1) is 0 Å². The summed E-state index contributed by atoms with van der Waals surface area (Å²) in [5.74, 6) is 0. The Morgan fingerprint density at radius 3 is 2.95 bits per heavy atom. The number of benzene rings is 1. The van der Waals surface area contributed by atoms with Crippen molar-refractivity contribution >= 4 is 16.7 Å². The van der Waals surface area contributed by atoms with Gasteiger partial charge in [0.05, 0.1) is 17.4 Å². The van der Waals surface area contributed by atoms with Crippen molar-refractivity contribution < 1.29 is 4.74 Å². The van der Waals surface area contributed by atoms with Gasteiger partial charge >= 0.3 is 0 Å². The summed E-state index contributed by atoms with van der Waals surface area (Å²) < 4.78 is 7.48. The number of rotatable bonds is 4. The van der Waals surface area contributed by atoms with Gasteiger partial charge in [0.25, 0.3) is 0 Å². The van der Waals surface area contributed by atoms with Gasteiger partial charge in [0, 0.05) is 38.5 Å². The van der Waals surface area contributed by atoms with Gasteiger partial charge in [-0.2, -0.15) is 0 Å². The molecule has 0 spiro atoms. The maximum Gasteiger partial charge on any atom is 0.124 e. The van der Waals surface area contributed by atoms with Crippen LogP contribution >= 0.6 is 0 Å². The zero-order chi connectivity index (χ0) is 13.1. The van der Waals surface area contributed by atoms with Gasteiger partial charge in [-0.25, -0.2) is 4.98 Å². The van der Waals surface area contributed by atoms with E-state index in [2.05, 4.69) is 33.4 Å². The molecular formula is C14H20N4O. The molecule has 1 aliphatic heterocycles. The van der Waals surface area contributed by atoms with Crippen molar-refractivity contribution in [2.24, 2.45) is 0 Å². The molecule has 2 aromatic rings. The third-order valence-corrected chi connectivity index (χ3v) is 3.52. The summed E-state index contributed by atoms with van der Waals surface area (Å²) in [5, 5.41) is 3.37. The van der Waals surface area contributed by atoms with Crippen LogP contribution in [-0.4, -0.2) is 42.3 Å². The Balaban J connectivity index is 1.85. The Morgan fingerprint density at radius 2 is 2.16 bits per heavy atom. The second-order valence-corrected chi connectivity index (χ2v) is 4.75. The number of imidazole rings is 1. The number of aromatic nitrogens is 2. The summed E-state index contributed by atoms with van der Waals surface area (Å²) in [7, 11) is 0. The molecule has 2 heterocycles. The van der Waals surface area contributed by atoms with Crippen LogP contribution in [0.2, 0.25) is 0 Å². The summed E-state index contributed by atoms with van der Waals surface area (Å²) in [5.41, 5.74) is 3.43. The molecule has 1 aromatic carbocycles. The first-order valence-electron chi connectivity index (χ1n) is 6.87. The molecule has 0 atom stereocenters. The number of anilines is 1. The molecule has 0 unspecified atom stereocenters. The lowest BCUT2D eigenvalue weighted by Gasteiger charge is -2.29. The van der Waals surface area contributed by atoms with E-state index in [4.69, 9.17) is 4.74 Å². The maximum absolute atomic E-state index is 5.44. The van der Waals surface area contributed by atoms with E-state index < -0.39 is 0 Å². The topological polar surface area (TPSA) is 42.3 Å². The highest BCUT2D eigenvalue weighted by molar-refractivity contribution is 5.79. The van der Waals surface area contributed by atoms with E-state index in [-0.39, 0.29) is 0 Å². The zero-order valence-corrected chi connectivity index (χ0v) is 11.3. The second kappa shape index (κ2) is 5.59. The first-order valence-corrected chi connectivity index (χ1v) is 6.87. The highest BCUT2D eigenvalue weighted by Gasteiger charge is 2.12. The van der Waals surface area contributed by atoms with Crippen molar-refractivity contribution in [1.82, 2.24) is 14.9 Å². The van der Waals surface area contributed by atoms with Crippen LogP contribution < -0.4 is 10.2 Å². The molecule has 0 saturated carbocycles. The van der Waals surface area contributed by atoms with Crippen LogP contribution in [0.25, 0.3) is 11.0 Å². The molecule has 0 amide bonds. The molecule has 1 fully saturated rings. The van der Waals surface area contributed by atoms with E-state index in [0.717, 1.165) is 43.8 Å². The van der Waals surface area contributed by atoms with Crippen molar-refractivity contribution in [1.29, 1.82) is 0 Å². The number of hydrogen-bond acceptors (Lipinski definition) is 4. The smallest absolute Gasteiger partial charge is 0.124 e. The number of nitrogens with zero attached hydrogens (tertiary/aromatic N) is 3. The quantitative estimate of drug-likeness (QED) is 0.903. The third-order valence-electron chi connectivity index (χ3n) is 3.52. The molecule has 0 radical (unpaired) electrons. The van der Waals surface area contributed by atoms with Crippen LogP contribution in [0.5, 0.6) is 0 Å². The van der Waals surface area contributed by atoms with Gasteiger partial charge in [0.2, 0.25) is 0 Å². The number of ether oxygens (including phenoxy) is 1. The zero-order valence-electron chi connectivity index (χ0n) is 11.3. The van der Waals surface area contributed by atoms with Gasteiger partial charge in [0.1, 0.15) is 6.73 Å². The molecule has 0 aliphatic carbocycles. The molecule has 1 aromatic heterocycles. The van der Waals surface area contributed by atoms with Crippen LogP contribution in [-0.2, 0) is 11.5 Å². The molecule has 3 rings (SSSR count). The van der Waals surface area contributed by atoms with Crippen molar-refractivity contribution in [2.45, 2.75) is 13.7 Å². The van der Waals surface area contributed by atoms with Crippen LogP contribution in [0.15, 0.2) is 24.5 Å². The Kier molecular flexibility index (Phi) is 3.66. The first-order chi connectivity index (χ1) is 9.38. The summed E-state index contributed by atoms with van der Waals surface area (Å²) in [6.07, 6.45) is 1.85. The number of fused-ring (bicyclic) bond motifs is 1. The highest BCUT2D eigenvalue weighted by atomic mass is 16.5. The summed E-state index contributed by atoms with van der Waals surface area (Å²) >= 11 is 0. The van der Waals surface area contributed by atoms with Crippen LogP contribution in [0, 0.1) is 0 Å². The fourth-order valence-electron chi connectivity index (χ4n) is 2.46.